The number of likely N-dealkylation sites (tertiary alicyclic amines) is 1. The van der Waals surface area contributed by atoms with Gasteiger partial charge in [-0.3, -0.25) is 9.69 Å². The van der Waals surface area contributed by atoms with E-state index in [2.05, 4.69) is 4.90 Å². The number of benzene rings is 2. The van der Waals surface area contributed by atoms with E-state index in [-0.39, 0.29) is 12.0 Å². The Hall–Kier alpha value is -3.13. The van der Waals surface area contributed by atoms with Crippen LogP contribution in [0.5, 0.6) is 28.7 Å². The molecule has 2 aromatic carbocycles. The summed E-state index contributed by atoms with van der Waals surface area (Å²) in [5, 5.41) is 9.44. The van der Waals surface area contributed by atoms with E-state index >= 15 is 0 Å². The second kappa shape index (κ2) is 10.5. The molecule has 0 aliphatic carbocycles. The molecule has 8 heteroatoms. The summed E-state index contributed by atoms with van der Waals surface area (Å²) in [6.07, 6.45) is 1.14. The van der Waals surface area contributed by atoms with E-state index in [9.17, 15) is 9.90 Å². The second-order valence-corrected chi connectivity index (χ2v) is 7.61. The first kappa shape index (κ1) is 23.5. The summed E-state index contributed by atoms with van der Waals surface area (Å²) < 4.78 is 27.8. The number of hydrogen-bond acceptors (Lipinski definition) is 7. The van der Waals surface area contributed by atoms with Gasteiger partial charge in [0, 0.05) is 23.3 Å². The van der Waals surface area contributed by atoms with E-state index in [0.29, 0.717) is 54.7 Å². The van der Waals surface area contributed by atoms with E-state index in [1.165, 1.54) is 0 Å². The van der Waals surface area contributed by atoms with Crippen molar-refractivity contribution in [3.05, 3.63) is 41.5 Å². The molecule has 1 fully saturated rings. The van der Waals surface area contributed by atoms with Crippen molar-refractivity contribution in [3.8, 4) is 28.7 Å². The third kappa shape index (κ3) is 4.70. The summed E-state index contributed by atoms with van der Waals surface area (Å²) in [5.41, 5.74) is 1.80. The van der Waals surface area contributed by atoms with Gasteiger partial charge in [0.15, 0.2) is 11.5 Å². The van der Waals surface area contributed by atoms with Crippen molar-refractivity contribution in [2.45, 2.75) is 18.9 Å². The molecule has 0 amide bonds. The fourth-order valence-corrected chi connectivity index (χ4v) is 4.28. The predicted molar refractivity (Wildman–Crippen MR) is 119 cm³/mol. The van der Waals surface area contributed by atoms with Crippen LogP contribution in [0.1, 0.15) is 30.0 Å². The predicted octanol–water partition coefficient (Wildman–Crippen LogP) is 3.62. The van der Waals surface area contributed by atoms with E-state index in [1.807, 2.05) is 24.3 Å². The maximum atomic E-state index is 11.5. The number of hydrogen-bond donors (Lipinski definition) is 1. The standard InChI is InChI=1S/C24H31NO7/c1-28-16-6-7-17(19(12-16)29-2)23(25-10-8-15(9-11-25)24(26)27)18-13-21(31-4)22(32-5)14-20(18)30-3/h6-7,12-15,23H,8-11H2,1-5H3,(H,26,27). The normalized spacial score (nSPS) is 15.7. The number of carbonyl (C=O) groups is 1. The first-order valence-electron chi connectivity index (χ1n) is 10.5. The number of aliphatic carboxylic acids is 1. The van der Waals surface area contributed by atoms with Crippen LogP contribution in [0, 0.1) is 5.92 Å². The first-order valence-corrected chi connectivity index (χ1v) is 10.5. The quantitative estimate of drug-likeness (QED) is 0.626. The lowest BCUT2D eigenvalue weighted by Crippen LogP contribution is -2.39. The van der Waals surface area contributed by atoms with Gasteiger partial charge in [-0.1, -0.05) is 0 Å². The number of methoxy groups -OCH3 is 5. The van der Waals surface area contributed by atoms with Gasteiger partial charge in [-0.2, -0.15) is 0 Å². The molecule has 1 unspecified atom stereocenters. The van der Waals surface area contributed by atoms with Gasteiger partial charge in [-0.25, -0.2) is 0 Å². The lowest BCUT2D eigenvalue weighted by atomic mass is 9.90. The third-order valence-corrected chi connectivity index (χ3v) is 6.01. The van der Waals surface area contributed by atoms with Crippen LogP contribution in [0.3, 0.4) is 0 Å². The van der Waals surface area contributed by atoms with E-state index in [1.54, 1.807) is 41.6 Å². The fourth-order valence-electron chi connectivity index (χ4n) is 4.28. The lowest BCUT2D eigenvalue weighted by molar-refractivity contribution is -0.143. The Morgan fingerprint density at radius 2 is 1.38 bits per heavy atom. The Morgan fingerprint density at radius 1 is 0.812 bits per heavy atom. The highest BCUT2D eigenvalue weighted by Gasteiger charge is 2.34. The van der Waals surface area contributed by atoms with Gasteiger partial charge >= 0.3 is 5.97 Å². The van der Waals surface area contributed by atoms with Crippen LogP contribution < -0.4 is 23.7 Å². The van der Waals surface area contributed by atoms with Gasteiger partial charge in [0.25, 0.3) is 0 Å². The first-order chi connectivity index (χ1) is 15.5. The molecule has 0 radical (unpaired) electrons. The van der Waals surface area contributed by atoms with Crippen molar-refractivity contribution in [1.29, 1.82) is 0 Å². The minimum absolute atomic E-state index is 0.250. The molecule has 1 heterocycles. The van der Waals surface area contributed by atoms with Crippen LogP contribution >= 0.6 is 0 Å². The third-order valence-electron chi connectivity index (χ3n) is 6.01. The molecule has 3 rings (SSSR count). The highest BCUT2D eigenvalue weighted by atomic mass is 16.5. The summed E-state index contributed by atoms with van der Waals surface area (Å²) >= 11 is 0. The van der Waals surface area contributed by atoms with E-state index in [4.69, 9.17) is 23.7 Å². The van der Waals surface area contributed by atoms with Gasteiger partial charge in [0.1, 0.15) is 17.2 Å². The molecule has 174 valence electrons. The topological polar surface area (TPSA) is 86.7 Å². The molecule has 1 N–H and O–H groups in total. The molecular formula is C24H31NO7. The SMILES string of the molecule is COc1ccc(C(c2cc(OC)c(OC)cc2OC)N2CCC(C(=O)O)CC2)c(OC)c1. The zero-order valence-electron chi connectivity index (χ0n) is 19.2. The molecule has 0 bridgehead atoms. The van der Waals surface area contributed by atoms with Gasteiger partial charge in [-0.15, -0.1) is 0 Å². The molecule has 0 spiro atoms. The number of piperidine rings is 1. The van der Waals surface area contributed by atoms with Gasteiger partial charge in [-0.05, 0) is 44.1 Å². The van der Waals surface area contributed by atoms with Crippen LogP contribution in [0.4, 0.5) is 0 Å². The maximum Gasteiger partial charge on any atom is 0.306 e. The Bertz CT molecular complexity index is 938. The highest BCUT2D eigenvalue weighted by molar-refractivity contribution is 5.70. The summed E-state index contributed by atoms with van der Waals surface area (Å²) in [6.45, 7) is 1.24. The number of carboxylic acids is 1. The summed E-state index contributed by atoms with van der Waals surface area (Å²) in [5.74, 6) is 2.08. The summed E-state index contributed by atoms with van der Waals surface area (Å²) in [7, 11) is 8.02. The monoisotopic (exact) mass is 445 g/mol. The number of ether oxygens (including phenoxy) is 5. The number of rotatable bonds is 9. The van der Waals surface area contributed by atoms with Gasteiger partial charge in [0.2, 0.25) is 0 Å². The van der Waals surface area contributed by atoms with Crippen molar-refractivity contribution in [3.63, 3.8) is 0 Å². The fraction of sp³-hybridized carbons (Fsp3) is 0.458. The van der Waals surface area contributed by atoms with Crippen LogP contribution in [-0.2, 0) is 4.79 Å². The van der Waals surface area contributed by atoms with E-state index in [0.717, 1.165) is 11.1 Å². The van der Waals surface area contributed by atoms with Gasteiger partial charge in [0.05, 0.1) is 47.5 Å². The smallest absolute Gasteiger partial charge is 0.306 e. The molecule has 1 saturated heterocycles. The molecule has 8 nitrogen and oxygen atoms in total. The van der Waals surface area contributed by atoms with Crippen LogP contribution in [0.25, 0.3) is 0 Å². The average molecular weight is 446 g/mol. The molecule has 1 atom stereocenters. The average Bonchev–Trinajstić information content (AvgIpc) is 2.84. The molecule has 1 aliphatic rings. The highest BCUT2D eigenvalue weighted by Crippen LogP contribution is 2.45. The van der Waals surface area contributed by atoms with Gasteiger partial charge < -0.3 is 28.8 Å². The number of nitrogens with zero attached hydrogens (tertiary/aromatic N) is 1. The van der Waals surface area contributed by atoms with Crippen molar-refractivity contribution in [2.24, 2.45) is 5.92 Å². The minimum Gasteiger partial charge on any atom is -0.497 e. The Balaban J connectivity index is 2.15. The molecule has 32 heavy (non-hydrogen) atoms. The minimum atomic E-state index is -0.744. The van der Waals surface area contributed by atoms with Crippen molar-refractivity contribution >= 4 is 5.97 Å². The van der Waals surface area contributed by atoms with Crippen molar-refractivity contribution in [2.75, 3.05) is 48.6 Å². The van der Waals surface area contributed by atoms with Crippen LogP contribution in [-0.4, -0.2) is 64.6 Å². The Kier molecular flexibility index (Phi) is 7.69. The maximum absolute atomic E-state index is 11.5. The largest absolute Gasteiger partial charge is 0.497 e. The lowest BCUT2D eigenvalue weighted by Gasteiger charge is -2.38. The Morgan fingerprint density at radius 3 is 1.91 bits per heavy atom. The molecule has 1 aliphatic heterocycles. The zero-order chi connectivity index (χ0) is 23.3. The van der Waals surface area contributed by atoms with Crippen molar-refractivity contribution < 1.29 is 33.6 Å². The molecule has 0 aromatic heterocycles. The van der Waals surface area contributed by atoms with Crippen molar-refractivity contribution in [1.82, 2.24) is 4.90 Å². The molecular weight excluding hydrogens is 414 g/mol. The summed E-state index contributed by atoms with van der Waals surface area (Å²) in [4.78, 5) is 13.8. The molecule has 0 saturated carbocycles. The number of carboxylic acid groups (broad SMARTS) is 1. The Labute approximate surface area is 188 Å². The van der Waals surface area contributed by atoms with E-state index < -0.39 is 5.97 Å². The zero-order valence-corrected chi connectivity index (χ0v) is 19.2. The van der Waals surface area contributed by atoms with Crippen LogP contribution in [0.15, 0.2) is 30.3 Å². The summed E-state index contributed by atoms with van der Waals surface area (Å²) in [6, 6.07) is 9.18. The second-order valence-electron chi connectivity index (χ2n) is 7.61. The molecule has 2 aromatic rings. The van der Waals surface area contributed by atoms with Crippen LogP contribution in [0.2, 0.25) is 0 Å².